The Hall–Kier alpha value is -3.57. The second-order valence-electron chi connectivity index (χ2n) is 8.89. The number of benzene rings is 2. The minimum Gasteiger partial charge on any atom is -0.485 e. The molecule has 2 aromatic rings. The van der Waals surface area contributed by atoms with Crippen molar-refractivity contribution in [3.05, 3.63) is 65.2 Å². The molecule has 172 valence electrons. The van der Waals surface area contributed by atoms with Crippen LogP contribution in [0.2, 0.25) is 0 Å². The number of nitrogens with one attached hydrogen (secondary N) is 1. The molecule has 2 aromatic carbocycles. The molecule has 0 bridgehead atoms. The summed E-state index contributed by atoms with van der Waals surface area (Å²) in [6, 6.07) is 14.8. The lowest BCUT2D eigenvalue weighted by molar-refractivity contribution is -0.129. The summed E-state index contributed by atoms with van der Waals surface area (Å²) < 4.78 is 11.3. The first kappa shape index (κ1) is 22.6. The van der Waals surface area contributed by atoms with Crippen LogP contribution in [0.3, 0.4) is 0 Å². The first-order valence-corrected chi connectivity index (χ1v) is 11.0. The number of nitriles is 1. The highest BCUT2D eigenvalue weighted by Gasteiger charge is 2.45. The number of amides is 2. The van der Waals surface area contributed by atoms with Crippen molar-refractivity contribution in [3.8, 4) is 11.8 Å². The summed E-state index contributed by atoms with van der Waals surface area (Å²) in [7, 11) is 0. The fraction of sp³-hybridized carbons (Fsp3) is 0.400. The first-order chi connectivity index (χ1) is 15.8. The lowest BCUT2D eigenvalue weighted by atomic mass is 9.85. The molecule has 2 N–H and O–H groups in total. The van der Waals surface area contributed by atoms with E-state index in [2.05, 4.69) is 11.4 Å². The average Bonchev–Trinajstić information content (AvgIpc) is 3.31. The fourth-order valence-corrected chi connectivity index (χ4v) is 4.34. The van der Waals surface area contributed by atoms with Crippen molar-refractivity contribution in [1.29, 1.82) is 5.26 Å². The van der Waals surface area contributed by atoms with Crippen LogP contribution < -0.4 is 10.1 Å². The number of likely N-dealkylation sites (tertiary alicyclic amines) is 1. The van der Waals surface area contributed by atoms with Crippen molar-refractivity contribution in [2.45, 2.75) is 57.1 Å². The molecular weight excluding hydrogens is 422 g/mol. The highest BCUT2D eigenvalue weighted by Crippen LogP contribution is 2.40. The molecule has 0 unspecified atom stereocenters. The Bertz CT molecular complexity index is 1080. The molecule has 2 aliphatic heterocycles. The van der Waals surface area contributed by atoms with Gasteiger partial charge in [-0.2, -0.15) is 5.26 Å². The van der Waals surface area contributed by atoms with Gasteiger partial charge in [-0.25, -0.2) is 4.79 Å². The van der Waals surface area contributed by atoms with Crippen LogP contribution in [0.15, 0.2) is 48.5 Å². The third-order valence-corrected chi connectivity index (χ3v) is 6.17. The molecule has 8 nitrogen and oxygen atoms in total. The van der Waals surface area contributed by atoms with Gasteiger partial charge in [0.15, 0.2) is 0 Å². The Morgan fingerprint density at radius 2 is 2.03 bits per heavy atom. The van der Waals surface area contributed by atoms with E-state index < -0.39 is 29.9 Å². The Morgan fingerprint density at radius 3 is 2.76 bits per heavy atom. The molecule has 0 aromatic heterocycles. The summed E-state index contributed by atoms with van der Waals surface area (Å²) in [4.78, 5) is 27.4. The van der Waals surface area contributed by atoms with Gasteiger partial charge in [0.2, 0.25) is 5.91 Å². The lowest BCUT2D eigenvalue weighted by Gasteiger charge is -2.42. The van der Waals surface area contributed by atoms with Crippen molar-refractivity contribution in [3.63, 3.8) is 0 Å². The van der Waals surface area contributed by atoms with E-state index in [1.807, 2.05) is 30.3 Å². The molecule has 2 heterocycles. The molecule has 8 heteroatoms. The molecule has 0 saturated carbocycles. The van der Waals surface area contributed by atoms with Crippen LogP contribution in [0.25, 0.3) is 0 Å². The predicted molar refractivity (Wildman–Crippen MR) is 119 cm³/mol. The summed E-state index contributed by atoms with van der Waals surface area (Å²) in [6.07, 6.45) is -0.422. The topological polar surface area (TPSA) is 112 Å². The molecular formula is C25H27N3O5. The fourth-order valence-electron chi connectivity index (χ4n) is 4.34. The quantitative estimate of drug-likeness (QED) is 0.742. The largest absolute Gasteiger partial charge is 0.485 e. The zero-order valence-electron chi connectivity index (χ0n) is 18.7. The van der Waals surface area contributed by atoms with E-state index in [9.17, 15) is 20.0 Å². The second kappa shape index (κ2) is 9.12. The number of hydrogen-bond donors (Lipinski definition) is 2. The van der Waals surface area contributed by atoms with Crippen molar-refractivity contribution in [1.82, 2.24) is 10.2 Å². The molecule has 2 aliphatic rings. The Morgan fingerprint density at radius 1 is 1.27 bits per heavy atom. The Kier molecular flexibility index (Phi) is 6.25. The Labute approximate surface area is 192 Å². The van der Waals surface area contributed by atoms with E-state index in [1.54, 1.807) is 32.0 Å². The van der Waals surface area contributed by atoms with Crippen LogP contribution in [-0.2, 0) is 16.1 Å². The molecule has 0 radical (unpaired) electrons. The van der Waals surface area contributed by atoms with Gasteiger partial charge in [-0.1, -0.05) is 30.3 Å². The van der Waals surface area contributed by atoms with Crippen molar-refractivity contribution in [2.75, 3.05) is 6.54 Å². The van der Waals surface area contributed by atoms with Crippen LogP contribution in [0.5, 0.6) is 5.75 Å². The molecule has 33 heavy (non-hydrogen) atoms. The number of carbonyl (C=O) groups excluding carboxylic acids is 2. The zero-order valence-corrected chi connectivity index (χ0v) is 18.7. The van der Waals surface area contributed by atoms with Crippen molar-refractivity contribution < 1.29 is 24.2 Å². The number of aliphatic hydroxyl groups excluding tert-OH is 1. The summed E-state index contributed by atoms with van der Waals surface area (Å²) >= 11 is 0. The molecule has 4 rings (SSSR count). The van der Waals surface area contributed by atoms with Gasteiger partial charge in [-0.15, -0.1) is 0 Å². The summed E-state index contributed by atoms with van der Waals surface area (Å²) in [5.74, 6) is 0.124. The van der Waals surface area contributed by atoms with Gasteiger partial charge in [0, 0.05) is 12.1 Å². The molecule has 0 spiro atoms. The van der Waals surface area contributed by atoms with Gasteiger partial charge < -0.3 is 19.9 Å². The number of ether oxygens (including phenoxy) is 2. The van der Waals surface area contributed by atoms with Crippen molar-refractivity contribution >= 4 is 12.0 Å². The monoisotopic (exact) mass is 449 g/mol. The van der Waals surface area contributed by atoms with Gasteiger partial charge in [0.05, 0.1) is 17.7 Å². The van der Waals surface area contributed by atoms with Crippen LogP contribution in [0.4, 0.5) is 4.79 Å². The third-order valence-electron chi connectivity index (χ3n) is 6.17. The smallest absolute Gasteiger partial charge is 0.410 e. The highest BCUT2D eigenvalue weighted by atomic mass is 16.6. The Balaban J connectivity index is 1.49. The van der Waals surface area contributed by atoms with Gasteiger partial charge in [-0.3, -0.25) is 9.69 Å². The van der Waals surface area contributed by atoms with E-state index in [0.29, 0.717) is 36.3 Å². The number of nitrogens with zero attached hydrogens (tertiary/aromatic N) is 2. The average molecular weight is 450 g/mol. The van der Waals surface area contributed by atoms with Gasteiger partial charge in [0.25, 0.3) is 0 Å². The second-order valence-corrected chi connectivity index (χ2v) is 8.89. The van der Waals surface area contributed by atoms with Crippen LogP contribution in [0, 0.1) is 11.3 Å². The lowest BCUT2D eigenvalue weighted by Crippen LogP contribution is -2.56. The molecule has 1 fully saturated rings. The van der Waals surface area contributed by atoms with Crippen LogP contribution in [-0.4, -0.2) is 46.3 Å². The van der Waals surface area contributed by atoms with Gasteiger partial charge >= 0.3 is 6.09 Å². The number of aliphatic hydroxyl groups is 1. The number of fused-ring (bicyclic) bond motifs is 1. The van der Waals surface area contributed by atoms with Gasteiger partial charge in [0.1, 0.15) is 30.1 Å². The van der Waals surface area contributed by atoms with Gasteiger partial charge in [-0.05, 0) is 50.5 Å². The maximum absolute atomic E-state index is 13.2. The number of carbonyl (C=O) groups is 2. The normalized spacial score (nSPS) is 23.1. The van der Waals surface area contributed by atoms with E-state index >= 15 is 0 Å². The van der Waals surface area contributed by atoms with Crippen LogP contribution >= 0.6 is 0 Å². The predicted octanol–water partition coefficient (Wildman–Crippen LogP) is 3.05. The van der Waals surface area contributed by atoms with E-state index in [4.69, 9.17) is 9.47 Å². The highest BCUT2D eigenvalue weighted by molar-refractivity contribution is 5.86. The summed E-state index contributed by atoms with van der Waals surface area (Å²) in [6.45, 7) is 4.02. The zero-order chi connectivity index (χ0) is 23.6. The molecule has 1 saturated heterocycles. The summed E-state index contributed by atoms with van der Waals surface area (Å²) in [5.41, 5.74) is 0.840. The first-order valence-electron chi connectivity index (χ1n) is 11.0. The minimum absolute atomic E-state index is 0.127. The van der Waals surface area contributed by atoms with E-state index in [-0.39, 0.29) is 12.5 Å². The molecule has 0 aliphatic carbocycles. The SMILES string of the molecule is CC1(C)Oc2ccc(C#N)cc2[C@@H](NC(=O)[C@@H]2CCCN2C(=O)OCc2ccccc2)[C@@H]1O. The standard InChI is InChI=1S/C25H27N3O5/c1-25(2)22(29)21(18-13-17(14-26)10-11-20(18)33-25)27-23(30)19-9-6-12-28(19)24(31)32-15-16-7-4-3-5-8-16/h3-5,7-8,10-11,13,19,21-22,29H,6,9,12,15H2,1-2H3,(H,27,30)/t19-,21+,22-/m0/s1. The molecule has 2 amide bonds. The minimum atomic E-state index is -1.05. The maximum atomic E-state index is 13.2. The van der Waals surface area contributed by atoms with Crippen LogP contribution in [0.1, 0.15) is 49.4 Å². The maximum Gasteiger partial charge on any atom is 0.410 e. The number of rotatable bonds is 4. The van der Waals surface area contributed by atoms with E-state index in [1.165, 1.54) is 4.90 Å². The number of hydrogen-bond acceptors (Lipinski definition) is 6. The molecule has 3 atom stereocenters. The van der Waals surface area contributed by atoms with E-state index in [0.717, 1.165) is 5.56 Å². The van der Waals surface area contributed by atoms with Crippen molar-refractivity contribution in [2.24, 2.45) is 0 Å². The summed E-state index contributed by atoms with van der Waals surface area (Å²) in [5, 5.41) is 23.1. The third kappa shape index (κ3) is 4.64.